The molecule has 1 aromatic carbocycles. The number of aromatic amines is 1. The molecular weight excluding hydrogens is 254 g/mol. The number of nitrogens with zero attached hydrogens (tertiary/aromatic N) is 1. The molecule has 3 rings (SSSR count). The van der Waals surface area contributed by atoms with E-state index < -0.39 is 11.6 Å². The van der Waals surface area contributed by atoms with Gasteiger partial charge in [-0.1, -0.05) is 12.8 Å². The lowest BCUT2D eigenvalue weighted by Gasteiger charge is -2.26. The Kier molecular flexibility index (Phi) is 2.55. The highest BCUT2D eigenvalue weighted by Gasteiger charge is 2.33. The maximum atomic E-state index is 14.0. The van der Waals surface area contributed by atoms with Gasteiger partial charge in [0.1, 0.15) is 5.52 Å². The zero-order valence-corrected chi connectivity index (χ0v) is 10.9. The summed E-state index contributed by atoms with van der Waals surface area (Å²) in [4.78, 5) is 2.97. The normalized spacial score (nSPS) is 18.6. The van der Waals surface area contributed by atoms with Crippen molar-refractivity contribution >= 4 is 23.3 Å². The molecule has 0 unspecified atom stereocenters. The maximum absolute atomic E-state index is 14.0. The van der Waals surface area contributed by atoms with E-state index in [4.69, 9.17) is 12.2 Å². The van der Waals surface area contributed by atoms with Crippen LogP contribution < -0.4 is 0 Å². The van der Waals surface area contributed by atoms with Crippen LogP contribution in [0.3, 0.4) is 0 Å². The third-order valence-electron chi connectivity index (χ3n) is 3.96. The highest BCUT2D eigenvalue weighted by Crippen LogP contribution is 2.39. The van der Waals surface area contributed by atoms with Gasteiger partial charge in [0.15, 0.2) is 16.4 Å². The molecule has 1 N–H and O–H groups in total. The molecule has 96 valence electrons. The van der Waals surface area contributed by atoms with Crippen LogP contribution in [0.2, 0.25) is 0 Å². The van der Waals surface area contributed by atoms with Crippen molar-refractivity contribution in [2.24, 2.45) is 0 Å². The van der Waals surface area contributed by atoms with Crippen molar-refractivity contribution in [2.45, 2.75) is 38.1 Å². The molecule has 1 fully saturated rings. The number of hydrogen-bond donors (Lipinski definition) is 1. The Bertz CT molecular complexity index is 665. The number of benzene rings is 1. The average molecular weight is 268 g/mol. The van der Waals surface area contributed by atoms with E-state index in [1.54, 1.807) is 10.6 Å². The van der Waals surface area contributed by atoms with Crippen molar-refractivity contribution in [2.75, 3.05) is 0 Å². The fourth-order valence-corrected chi connectivity index (χ4v) is 3.43. The van der Waals surface area contributed by atoms with Crippen LogP contribution in [0.15, 0.2) is 12.1 Å². The Hall–Kier alpha value is -1.23. The Morgan fingerprint density at radius 2 is 1.94 bits per heavy atom. The average Bonchev–Trinajstić information content (AvgIpc) is 2.89. The molecule has 2 aromatic rings. The van der Waals surface area contributed by atoms with Gasteiger partial charge in [0, 0.05) is 5.54 Å². The number of aromatic nitrogens is 2. The van der Waals surface area contributed by atoms with E-state index in [0.29, 0.717) is 10.3 Å². The lowest BCUT2D eigenvalue weighted by Crippen LogP contribution is -2.26. The predicted octanol–water partition coefficient (Wildman–Crippen LogP) is 4.27. The third kappa shape index (κ3) is 1.53. The molecule has 1 aromatic heterocycles. The molecule has 0 amide bonds. The molecular formula is C13H14F2N2S. The largest absolute Gasteiger partial charge is 0.330 e. The standard InChI is InChI=1S/C13H14F2N2S/c1-13(6-2-3-7-13)17-11-9(16-12(17)18)5-4-8(14)10(11)15/h4-5H,2-3,6-7H2,1H3,(H,16,18). The Labute approximate surface area is 109 Å². The monoisotopic (exact) mass is 268 g/mol. The maximum Gasteiger partial charge on any atom is 0.184 e. The summed E-state index contributed by atoms with van der Waals surface area (Å²) in [5.41, 5.74) is 0.626. The van der Waals surface area contributed by atoms with Gasteiger partial charge in [0.05, 0.1) is 5.52 Å². The minimum atomic E-state index is -0.827. The van der Waals surface area contributed by atoms with E-state index in [-0.39, 0.29) is 11.1 Å². The number of nitrogens with one attached hydrogen (secondary N) is 1. The number of halogens is 2. The first kappa shape index (κ1) is 11.8. The van der Waals surface area contributed by atoms with Crippen molar-refractivity contribution in [1.29, 1.82) is 0 Å². The van der Waals surface area contributed by atoms with Crippen molar-refractivity contribution in [3.8, 4) is 0 Å². The summed E-state index contributed by atoms with van der Waals surface area (Å²) in [6.45, 7) is 2.06. The molecule has 1 aliphatic carbocycles. The topological polar surface area (TPSA) is 20.7 Å². The highest BCUT2D eigenvalue weighted by molar-refractivity contribution is 7.71. The van der Waals surface area contributed by atoms with Gasteiger partial charge in [0.25, 0.3) is 0 Å². The number of H-pyrrole nitrogens is 1. The van der Waals surface area contributed by atoms with Gasteiger partial charge in [-0.05, 0) is 44.1 Å². The van der Waals surface area contributed by atoms with Gasteiger partial charge in [-0.15, -0.1) is 0 Å². The van der Waals surface area contributed by atoms with Crippen molar-refractivity contribution in [3.05, 3.63) is 28.5 Å². The molecule has 18 heavy (non-hydrogen) atoms. The van der Waals surface area contributed by atoms with Crippen molar-refractivity contribution in [3.63, 3.8) is 0 Å². The molecule has 1 aliphatic rings. The van der Waals surface area contributed by atoms with E-state index in [9.17, 15) is 8.78 Å². The lowest BCUT2D eigenvalue weighted by atomic mass is 10.00. The van der Waals surface area contributed by atoms with Gasteiger partial charge in [-0.3, -0.25) is 0 Å². The summed E-state index contributed by atoms with van der Waals surface area (Å²) in [7, 11) is 0. The molecule has 2 nitrogen and oxygen atoms in total. The second-order valence-corrected chi connectivity index (χ2v) is 5.61. The first-order valence-corrected chi connectivity index (χ1v) is 6.53. The van der Waals surface area contributed by atoms with E-state index in [1.165, 1.54) is 0 Å². The number of rotatable bonds is 1. The minimum absolute atomic E-state index is 0.204. The van der Waals surface area contributed by atoms with Crippen LogP contribution in [-0.4, -0.2) is 9.55 Å². The number of hydrogen-bond acceptors (Lipinski definition) is 1. The summed E-state index contributed by atoms with van der Waals surface area (Å²) in [5.74, 6) is -1.64. The Morgan fingerprint density at radius 3 is 2.61 bits per heavy atom. The molecule has 0 spiro atoms. The molecule has 0 atom stereocenters. The van der Waals surface area contributed by atoms with Gasteiger partial charge >= 0.3 is 0 Å². The molecule has 0 radical (unpaired) electrons. The van der Waals surface area contributed by atoms with E-state index in [0.717, 1.165) is 31.7 Å². The fraction of sp³-hybridized carbons (Fsp3) is 0.462. The van der Waals surface area contributed by atoms with Crippen LogP contribution in [0.4, 0.5) is 8.78 Å². The second-order valence-electron chi connectivity index (χ2n) is 5.23. The Morgan fingerprint density at radius 1 is 1.28 bits per heavy atom. The molecule has 0 aliphatic heterocycles. The second kappa shape index (κ2) is 3.88. The third-order valence-corrected chi connectivity index (χ3v) is 4.24. The van der Waals surface area contributed by atoms with E-state index in [1.807, 2.05) is 0 Å². The van der Waals surface area contributed by atoms with Gasteiger partial charge in [-0.25, -0.2) is 8.78 Å². The first-order valence-electron chi connectivity index (χ1n) is 6.12. The van der Waals surface area contributed by atoms with Gasteiger partial charge < -0.3 is 9.55 Å². The van der Waals surface area contributed by atoms with Crippen LogP contribution >= 0.6 is 12.2 Å². The summed E-state index contributed by atoms with van der Waals surface area (Å²) >= 11 is 5.28. The van der Waals surface area contributed by atoms with Crippen LogP contribution in [0.5, 0.6) is 0 Å². The minimum Gasteiger partial charge on any atom is -0.330 e. The van der Waals surface area contributed by atoms with Crippen LogP contribution in [0.1, 0.15) is 32.6 Å². The molecule has 5 heteroatoms. The first-order chi connectivity index (χ1) is 8.53. The van der Waals surface area contributed by atoms with Crippen LogP contribution in [-0.2, 0) is 5.54 Å². The quantitative estimate of drug-likeness (QED) is 0.766. The predicted molar refractivity (Wildman–Crippen MR) is 69.2 cm³/mol. The summed E-state index contributed by atoms with van der Waals surface area (Å²) in [6, 6.07) is 2.67. The number of fused-ring (bicyclic) bond motifs is 1. The zero-order valence-electron chi connectivity index (χ0n) is 10.1. The smallest absolute Gasteiger partial charge is 0.184 e. The van der Waals surface area contributed by atoms with E-state index in [2.05, 4.69) is 11.9 Å². The SMILES string of the molecule is CC1(n2c(=S)[nH]c3ccc(F)c(F)c32)CCCC1. The number of imidazole rings is 1. The molecule has 1 saturated carbocycles. The van der Waals surface area contributed by atoms with Gasteiger partial charge in [-0.2, -0.15) is 0 Å². The summed E-state index contributed by atoms with van der Waals surface area (Å²) in [5, 5.41) is 0. The molecule has 0 saturated heterocycles. The van der Waals surface area contributed by atoms with Crippen molar-refractivity contribution < 1.29 is 8.78 Å². The lowest BCUT2D eigenvalue weighted by molar-refractivity contribution is 0.331. The van der Waals surface area contributed by atoms with Gasteiger partial charge in [0.2, 0.25) is 0 Å². The Balaban J connectivity index is 2.38. The highest BCUT2D eigenvalue weighted by atomic mass is 32.1. The van der Waals surface area contributed by atoms with Crippen molar-refractivity contribution in [1.82, 2.24) is 9.55 Å². The summed E-state index contributed by atoms with van der Waals surface area (Å²) < 4.78 is 29.7. The van der Waals surface area contributed by atoms with Crippen LogP contribution in [0, 0.1) is 16.4 Å². The molecule has 1 heterocycles. The molecule has 0 bridgehead atoms. The van der Waals surface area contributed by atoms with Crippen LogP contribution in [0.25, 0.3) is 11.0 Å². The zero-order chi connectivity index (χ0) is 12.9. The van der Waals surface area contributed by atoms with E-state index >= 15 is 0 Å². The fourth-order valence-electron chi connectivity index (χ4n) is 3.01. The summed E-state index contributed by atoms with van der Waals surface area (Å²) in [6.07, 6.45) is 4.10.